The summed E-state index contributed by atoms with van der Waals surface area (Å²) < 4.78 is 0. The van der Waals surface area contributed by atoms with Crippen molar-refractivity contribution in [3.8, 4) is 0 Å². The summed E-state index contributed by atoms with van der Waals surface area (Å²) in [5.74, 6) is 1.45. The predicted octanol–water partition coefficient (Wildman–Crippen LogP) is 0.907. The highest BCUT2D eigenvalue weighted by molar-refractivity contribution is 5.77. The second-order valence-corrected chi connectivity index (χ2v) is 4.49. The van der Waals surface area contributed by atoms with Crippen molar-refractivity contribution in [1.82, 2.24) is 15.3 Å². The molecule has 0 unspecified atom stereocenters. The lowest BCUT2D eigenvalue weighted by Crippen LogP contribution is -2.27. The van der Waals surface area contributed by atoms with Crippen molar-refractivity contribution in [3.05, 3.63) is 11.8 Å². The van der Waals surface area contributed by atoms with Gasteiger partial charge in [-0.1, -0.05) is 0 Å². The maximum Gasteiger partial charge on any atom is 0.224 e. The average molecular weight is 249 g/mol. The number of carbonyl (C=O) groups excluding carboxylic acids is 1. The van der Waals surface area contributed by atoms with Gasteiger partial charge in [0.25, 0.3) is 0 Å². The van der Waals surface area contributed by atoms with Crippen molar-refractivity contribution in [2.75, 3.05) is 24.2 Å². The highest BCUT2D eigenvalue weighted by Gasteiger charge is 2.22. The molecule has 98 valence electrons. The van der Waals surface area contributed by atoms with E-state index in [0.717, 1.165) is 24.2 Å². The first-order valence-electron chi connectivity index (χ1n) is 6.23. The fourth-order valence-electron chi connectivity index (χ4n) is 1.56. The van der Waals surface area contributed by atoms with Crippen LogP contribution < -0.4 is 16.0 Å². The van der Waals surface area contributed by atoms with Crippen LogP contribution in [0.3, 0.4) is 0 Å². The zero-order valence-electron chi connectivity index (χ0n) is 10.8. The Morgan fingerprint density at radius 1 is 1.50 bits per heavy atom. The van der Waals surface area contributed by atoms with E-state index in [1.165, 1.54) is 0 Å². The lowest BCUT2D eigenvalue weighted by Gasteiger charge is -2.09. The third-order valence-corrected chi connectivity index (χ3v) is 2.78. The Bertz CT molecular complexity index is 430. The van der Waals surface area contributed by atoms with Gasteiger partial charge in [0.05, 0.1) is 0 Å². The van der Waals surface area contributed by atoms with Crippen LogP contribution >= 0.6 is 0 Å². The lowest BCUT2D eigenvalue weighted by molar-refractivity contribution is -0.120. The fourth-order valence-corrected chi connectivity index (χ4v) is 1.56. The van der Waals surface area contributed by atoms with Crippen molar-refractivity contribution in [1.29, 1.82) is 0 Å². The normalized spacial score (nSPS) is 14.1. The molecule has 1 aliphatic carbocycles. The van der Waals surface area contributed by atoms with E-state index in [1.807, 2.05) is 6.92 Å². The number of rotatable bonds is 6. The Labute approximate surface area is 107 Å². The van der Waals surface area contributed by atoms with Crippen LogP contribution in [0, 0.1) is 6.92 Å². The Hall–Kier alpha value is -1.85. The van der Waals surface area contributed by atoms with Gasteiger partial charge < -0.3 is 16.0 Å². The van der Waals surface area contributed by atoms with Crippen molar-refractivity contribution in [2.24, 2.45) is 0 Å². The van der Waals surface area contributed by atoms with Gasteiger partial charge in [-0.3, -0.25) is 4.79 Å². The standard InChI is InChI=1S/C12H19N5O/c1-8-7-15-12(13-2)17-11(8)14-6-5-10(18)16-9-3-4-9/h7,9H,3-6H2,1-2H3,(H,16,18)(H2,13,14,15,17). The lowest BCUT2D eigenvalue weighted by atomic mass is 10.3. The van der Waals surface area contributed by atoms with E-state index in [9.17, 15) is 4.79 Å². The van der Waals surface area contributed by atoms with E-state index in [1.54, 1.807) is 13.2 Å². The molecule has 18 heavy (non-hydrogen) atoms. The first-order valence-corrected chi connectivity index (χ1v) is 6.23. The molecule has 1 saturated carbocycles. The summed E-state index contributed by atoms with van der Waals surface area (Å²) in [7, 11) is 1.78. The zero-order valence-corrected chi connectivity index (χ0v) is 10.8. The molecule has 1 heterocycles. The molecule has 6 nitrogen and oxygen atoms in total. The SMILES string of the molecule is CNc1ncc(C)c(NCCC(=O)NC2CC2)n1. The number of amides is 1. The van der Waals surface area contributed by atoms with Crippen molar-refractivity contribution in [2.45, 2.75) is 32.2 Å². The molecule has 0 atom stereocenters. The number of nitrogens with zero attached hydrogens (tertiary/aromatic N) is 2. The van der Waals surface area contributed by atoms with Gasteiger partial charge in [-0.05, 0) is 19.8 Å². The number of aryl methyl sites for hydroxylation is 1. The quantitative estimate of drug-likeness (QED) is 0.698. The van der Waals surface area contributed by atoms with E-state index >= 15 is 0 Å². The molecular weight excluding hydrogens is 230 g/mol. The Morgan fingerprint density at radius 2 is 2.28 bits per heavy atom. The van der Waals surface area contributed by atoms with E-state index in [2.05, 4.69) is 25.9 Å². The first-order chi connectivity index (χ1) is 8.69. The first kappa shape index (κ1) is 12.6. The summed E-state index contributed by atoms with van der Waals surface area (Å²) in [6.45, 7) is 2.52. The molecule has 6 heteroatoms. The molecule has 0 bridgehead atoms. The molecule has 0 saturated heterocycles. The van der Waals surface area contributed by atoms with Gasteiger partial charge in [0.2, 0.25) is 11.9 Å². The van der Waals surface area contributed by atoms with Crippen molar-refractivity contribution in [3.63, 3.8) is 0 Å². The third kappa shape index (κ3) is 3.58. The summed E-state index contributed by atoms with van der Waals surface area (Å²) in [6.07, 6.45) is 4.46. The summed E-state index contributed by atoms with van der Waals surface area (Å²) in [5.41, 5.74) is 0.969. The van der Waals surface area contributed by atoms with Crippen LogP contribution in [0.2, 0.25) is 0 Å². The third-order valence-electron chi connectivity index (χ3n) is 2.78. The topological polar surface area (TPSA) is 78.9 Å². The van der Waals surface area contributed by atoms with Gasteiger partial charge in [-0.15, -0.1) is 0 Å². The second-order valence-electron chi connectivity index (χ2n) is 4.49. The maximum atomic E-state index is 11.5. The Balaban J connectivity index is 1.79. The molecule has 2 rings (SSSR count). The minimum Gasteiger partial charge on any atom is -0.369 e. The molecule has 1 amide bonds. The summed E-state index contributed by atoms with van der Waals surface area (Å²) in [5, 5.41) is 9.00. The highest BCUT2D eigenvalue weighted by Crippen LogP contribution is 2.18. The fraction of sp³-hybridized carbons (Fsp3) is 0.583. The molecular formula is C12H19N5O. The van der Waals surface area contributed by atoms with Crippen LogP contribution in [0.25, 0.3) is 0 Å². The van der Waals surface area contributed by atoms with E-state index in [4.69, 9.17) is 0 Å². The molecule has 0 spiro atoms. The summed E-state index contributed by atoms with van der Waals surface area (Å²) in [4.78, 5) is 19.9. The number of nitrogens with one attached hydrogen (secondary N) is 3. The highest BCUT2D eigenvalue weighted by atomic mass is 16.1. The molecule has 1 fully saturated rings. The average Bonchev–Trinajstić information content (AvgIpc) is 3.15. The second kappa shape index (κ2) is 5.66. The van der Waals surface area contributed by atoms with Gasteiger partial charge >= 0.3 is 0 Å². The molecule has 1 aromatic rings. The molecule has 0 aromatic carbocycles. The Morgan fingerprint density at radius 3 is 2.94 bits per heavy atom. The molecule has 0 radical (unpaired) electrons. The number of hydrogen-bond acceptors (Lipinski definition) is 5. The number of carbonyl (C=O) groups is 1. The van der Waals surface area contributed by atoms with Gasteiger partial charge in [-0.2, -0.15) is 4.98 Å². The minimum atomic E-state index is 0.102. The van der Waals surface area contributed by atoms with Crippen molar-refractivity contribution >= 4 is 17.7 Å². The van der Waals surface area contributed by atoms with Gasteiger partial charge in [-0.25, -0.2) is 4.98 Å². The van der Waals surface area contributed by atoms with Gasteiger partial charge in [0.15, 0.2) is 0 Å². The number of hydrogen-bond donors (Lipinski definition) is 3. The van der Waals surface area contributed by atoms with E-state index in [0.29, 0.717) is 25.0 Å². The summed E-state index contributed by atoms with van der Waals surface area (Å²) in [6, 6.07) is 0.425. The molecule has 1 aliphatic rings. The Kier molecular flexibility index (Phi) is 3.96. The van der Waals surface area contributed by atoms with Gasteiger partial charge in [0, 0.05) is 37.8 Å². The minimum absolute atomic E-state index is 0.102. The van der Waals surface area contributed by atoms with Crippen molar-refractivity contribution < 1.29 is 4.79 Å². The summed E-state index contributed by atoms with van der Waals surface area (Å²) >= 11 is 0. The van der Waals surface area contributed by atoms with Crippen LogP contribution in [0.15, 0.2) is 6.20 Å². The smallest absolute Gasteiger partial charge is 0.224 e. The largest absolute Gasteiger partial charge is 0.369 e. The molecule has 0 aliphatic heterocycles. The van der Waals surface area contributed by atoms with Crippen LogP contribution in [-0.4, -0.2) is 35.5 Å². The molecule has 1 aromatic heterocycles. The van der Waals surface area contributed by atoms with E-state index in [-0.39, 0.29) is 5.91 Å². The van der Waals surface area contributed by atoms with E-state index < -0.39 is 0 Å². The number of aromatic nitrogens is 2. The van der Waals surface area contributed by atoms with Crippen LogP contribution in [0.5, 0.6) is 0 Å². The maximum absolute atomic E-state index is 11.5. The van der Waals surface area contributed by atoms with Crippen LogP contribution in [-0.2, 0) is 4.79 Å². The van der Waals surface area contributed by atoms with Gasteiger partial charge in [0.1, 0.15) is 5.82 Å². The zero-order chi connectivity index (χ0) is 13.0. The predicted molar refractivity (Wildman–Crippen MR) is 70.6 cm³/mol. The van der Waals surface area contributed by atoms with Crippen LogP contribution in [0.1, 0.15) is 24.8 Å². The monoisotopic (exact) mass is 249 g/mol. The number of anilines is 2. The molecule has 3 N–H and O–H groups in total. The van der Waals surface area contributed by atoms with Crippen LogP contribution in [0.4, 0.5) is 11.8 Å².